The Labute approximate surface area is 102 Å². The van der Waals surface area contributed by atoms with Gasteiger partial charge < -0.3 is 20.6 Å². The summed E-state index contributed by atoms with van der Waals surface area (Å²) in [7, 11) is 1.52. The molecule has 102 valence electrons. The van der Waals surface area contributed by atoms with Gasteiger partial charge in [0.15, 0.2) is 0 Å². The van der Waals surface area contributed by atoms with Gasteiger partial charge in [0.1, 0.15) is 11.9 Å². The average molecular weight is 265 g/mol. The first-order chi connectivity index (χ1) is 8.27. The molecule has 1 aromatic rings. The Morgan fingerprint density at radius 1 is 1.28 bits per heavy atom. The van der Waals surface area contributed by atoms with Crippen molar-refractivity contribution in [2.75, 3.05) is 13.6 Å². The minimum Gasteiger partial charge on any atom is -0.508 e. The molecule has 0 bridgehead atoms. The molecule has 2 atom stereocenters. The van der Waals surface area contributed by atoms with Crippen molar-refractivity contribution < 1.29 is 28.5 Å². The van der Waals surface area contributed by atoms with Crippen molar-refractivity contribution in [1.29, 1.82) is 0 Å². The minimum absolute atomic E-state index is 0.0170. The summed E-state index contributed by atoms with van der Waals surface area (Å²) in [4.78, 5) is 0. The van der Waals surface area contributed by atoms with Crippen molar-refractivity contribution in [3.63, 3.8) is 0 Å². The fraction of sp³-hybridized carbons (Fsp3) is 0.455. The van der Waals surface area contributed by atoms with E-state index >= 15 is 0 Å². The van der Waals surface area contributed by atoms with Gasteiger partial charge in [-0.1, -0.05) is 0 Å². The van der Waals surface area contributed by atoms with Gasteiger partial charge in [0.2, 0.25) is 0 Å². The number of hydrogen-bond acceptors (Lipinski definition) is 4. The van der Waals surface area contributed by atoms with Crippen LogP contribution in [0.25, 0.3) is 0 Å². The Balaban J connectivity index is 3.08. The Kier molecular flexibility index (Phi) is 4.55. The van der Waals surface area contributed by atoms with Gasteiger partial charge in [0, 0.05) is 12.1 Å². The van der Waals surface area contributed by atoms with Crippen molar-refractivity contribution in [3.05, 3.63) is 29.3 Å². The van der Waals surface area contributed by atoms with Crippen molar-refractivity contribution in [2.24, 2.45) is 0 Å². The number of likely N-dealkylation sites (N-methyl/N-ethyl adjacent to an activating group) is 1. The first kappa shape index (κ1) is 14.7. The molecular formula is C11H14F3NO3. The lowest BCUT2D eigenvalue weighted by Gasteiger charge is -2.20. The van der Waals surface area contributed by atoms with Crippen LogP contribution in [-0.2, 0) is 6.18 Å². The topological polar surface area (TPSA) is 72.7 Å². The van der Waals surface area contributed by atoms with Crippen LogP contribution in [0.15, 0.2) is 18.2 Å². The zero-order valence-corrected chi connectivity index (χ0v) is 9.57. The van der Waals surface area contributed by atoms with Crippen molar-refractivity contribution in [1.82, 2.24) is 5.32 Å². The van der Waals surface area contributed by atoms with Gasteiger partial charge in [-0.25, -0.2) is 0 Å². The molecule has 1 rings (SSSR count). The van der Waals surface area contributed by atoms with Crippen LogP contribution in [0.4, 0.5) is 13.2 Å². The number of nitrogens with one attached hydrogen (secondary N) is 1. The smallest absolute Gasteiger partial charge is 0.416 e. The van der Waals surface area contributed by atoms with Crippen LogP contribution in [0.5, 0.6) is 5.75 Å². The lowest BCUT2D eigenvalue weighted by Crippen LogP contribution is -2.29. The van der Waals surface area contributed by atoms with E-state index in [0.29, 0.717) is 12.1 Å². The molecule has 0 aliphatic rings. The quantitative estimate of drug-likeness (QED) is 0.656. The van der Waals surface area contributed by atoms with Crippen molar-refractivity contribution in [2.45, 2.75) is 18.4 Å². The van der Waals surface area contributed by atoms with Crippen molar-refractivity contribution >= 4 is 0 Å². The maximum Gasteiger partial charge on any atom is 0.416 e. The van der Waals surface area contributed by atoms with Gasteiger partial charge in [0.05, 0.1) is 11.7 Å². The van der Waals surface area contributed by atoms with Gasteiger partial charge in [-0.3, -0.25) is 0 Å². The van der Waals surface area contributed by atoms with Crippen LogP contribution in [0.1, 0.15) is 17.2 Å². The van der Waals surface area contributed by atoms with E-state index in [4.69, 9.17) is 0 Å². The van der Waals surface area contributed by atoms with E-state index in [-0.39, 0.29) is 12.1 Å². The van der Waals surface area contributed by atoms with E-state index < -0.39 is 29.7 Å². The standard InChI is InChI=1S/C11H14F3NO3/c1-15-5-9(17)10(18)7-4-6(11(12,13)14)2-3-8(7)16/h2-4,9-10,15-18H,5H2,1H3. The van der Waals surface area contributed by atoms with Gasteiger partial charge in [-0.2, -0.15) is 13.2 Å². The molecule has 2 unspecified atom stereocenters. The van der Waals surface area contributed by atoms with E-state index in [1.807, 2.05) is 0 Å². The van der Waals surface area contributed by atoms with Gasteiger partial charge in [-0.05, 0) is 25.2 Å². The summed E-state index contributed by atoms with van der Waals surface area (Å²) in [5.41, 5.74) is -1.35. The summed E-state index contributed by atoms with van der Waals surface area (Å²) in [5, 5.41) is 31.2. The zero-order chi connectivity index (χ0) is 13.9. The molecule has 0 saturated carbocycles. The van der Waals surface area contributed by atoms with Gasteiger partial charge in [0.25, 0.3) is 0 Å². The minimum atomic E-state index is -4.57. The molecule has 0 heterocycles. The summed E-state index contributed by atoms with van der Waals surface area (Å²) in [5.74, 6) is -0.495. The third-order valence-electron chi connectivity index (χ3n) is 2.45. The van der Waals surface area contributed by atoms with Crippen LogP contribution < -0.4 is 5.32 Å². The lowest BCUT2D eigenvalue weighted by atomic mass is 10.0. The molecule has 4 N–H and O–H groups in total. The number of aromatic hydroxyl groups is 1. The molecule has 0 amide bonds. The molecule has 0 aliphatic heterocycles. The number of hydrogen-bond donors (Lipinski definition) is 4. The third-order valence-corrected chi connectivity index (χ3v) is 2.45. The highest BCUT2D eigenvalue weighted by atomic mass is 19.4. The van der Waals surface area contributed by atoms with E-state index in [1.54, 1.807) is 0 Å². The van der Waals surface area contributed by atoms with Gasteiger partial charge >= 0.3 is 6.18 Å². The number of benzene rings is 1. The second-order valence-corrected chi connectivity index (χ2v) is 3.84. The average Bonchev–Trinajstić information content (AvgIpc) is 2.27. The molecule has 0 aliphatic carbocycles. The molecule has 7 heteroatoms. The van der Waals surface area contributed by atoms with E-state index in [2.05, 4.69) is 5.32 Å². The van der Waals surface area contributed by atoms with Crippen LogP contribution in [0.3, 0.4) is 0 Å². The normalized spacial score (nSPS) is 15.4. The number of halogens is 3. The van der Waals surface area contributed by atoms with Crippen LogP contribution in [0.2, 0.25) is 0 Å². The maximum absolute atomic E-state index is 12.5. The summed E-state index contributed by atoms with van der Waals surface area (Å²) in [6.45, 7) is -0.0170. The van der Waals surface area contributed by atoms with E-state index in [0.717, 1.165) is 6.07 Å². The Bertz CT molecular complexity index is 409. The number of aliphatic hydroxyl groups is 2. The van der Waals surface area contributed by atoms with E-state index in [9.17, 15) is 28.5 Å². The Morgan fingerprint density at radius 2 is 1.89 bits per heavy atom. The molecular weight excluding hydrogens is 251 g/mol. The first-order valence-electron chi connectivity index (χ1n) is 5.18. The number of rotatable bonds is 4. The van der Waals surface area contributed by atoms with Crippen LogP contribution in [-0.4, -0.2) is 35.0 Å². The highest BCUT2D eigenvalue weighted by Gasteiger charge is 2.32. The number of phenols is 1. The van der Waals surface area contributed by atoms with E-state index in [1.165, 1.54) is 7.05 Å². The summed E-state index contributed by atoms with van der Waals surface area (Å²) in [6.07, 6.45) is -7.49. The second kappa shape index (κ2) is 5.55. The first-order valence-corrected chi connectivity index (χ1v) is 5.18. The SMILES string of the molecule is CNCC(O)C(O)c1cc(C(F)(F)F)ccc1O. The maximum atomic E-state index is 12.5. The predicted octanol–water partition coefficient (Wildman–Crippen LogP) is 1.02. The molecule has 18 heavy (non-hydrogen) atoms. The molecule has 0 aromatic heterocycles. The number of phenolic OH excluding ortho intramolecular Hbond substituents is 1. The third kappa shape index (κ3) is 3.34. The summed E-state index contributed by atoms with van der Waals surface area (Å²) >= 11 is 0. The number of alkyl halides is 3. The second-order valence-electron chi connectivity index (χ2n) is 3.84. The predicted molar refractivity (Wildman–Crippen MR) is 58.0 cm³/mol. The lowest BCUT2D eigenvalue weighted by molar-refractivity contribution is -0.137. The summed E-state index contributed by atoms with van der Waals surface area (Å²) in [6, 6.07) is 2.17. The number of aliphatic hydroxyl groups excluding tert-OH is 2. The molecule has 0 fully saturated rings. The van der Waals surface area contributed by atoms with Gasteiger partial charge in [-0.15, -0.1) is 0 Å². The van der Waals surface area contributed by atoms with Crippen LogP contribution >= 0.6 is 0 Å². The fourth-order valence-electron chi connectivity index (χ4n) is 1.50. The van der Waals surface area contributed by atoms with Crippen molar-refractivity contribution in [3.8, 4) is 5.75 Å². The molecule has 0 spiro atoms. The molecule has 4 nitrogen and oxygen atoms in total. The monoisotopic (exact) mass is 265 g/mol. The molecule has 1 aromatic carbocycles. The Morgan fingerprint density at radius 3 is 2.39 bits per heavy atom. The molecule has 0 radical (unpaired) electrons. The molecule has 0 saturated heterocycles. The Hall–Kier alpha value is -1.31. The summed E-state index contributed by atoms with van der Waals surface area (Å²) < 4.78 is 37.4. The highest BCUT2D eigenvalue weighted by Crippen LogP contribution is 2.35. The zero-order valence-electron chi connectivity index (χ0n) is 9.57. The van der Waals surface area contributed by atoms with Crippen LogP contribution in [0, 0.1) is 0 Å². The fourth-order valence-corrected chi connectivity index (χ4v) is 1.50. The largest absolute Gasteiger partial charge is 0.508 e. The highest BCUT2D eigenvalue weighted by molar-refractivity contribution is 5.39.